The molecule has 204 valence electrons. The number of benzene rings is 1. The highest BCUT2D eigenvalue weighted by molar-refractivity contribution is 7.90. The minimum Gasteiger partial charge on any atom is -0.381 e. The molecule has 2 atom stereocenters. The summed E-state index contributed by atoms with van der Waals surface area (Å²) in [7, 11) is -1.23. The average molecular weight is 539 g/mol. The maximum Gasteiger partial charge on any atom is 0.227 e. The fourth-order valence-corrected chi connectivity index (χ4v) is 6.81. The fourth-order valence-electron chi connectivity index (χ4n) is 5.65. The van der Waals surface area contributed by atoms with E-state index in [9.17, 15) is 8.42 Å². The highest BCUT2D eigenvalue weighted by Gasteiger charge is 2.38. The Morgan fingerprint density at radius 2 is 1.87 bits per heavy atom. The van der Waals surface area contributed by atoms with Gasteiger partial charge in [-0.25, -0.2) is 18.4 Å². The molecular formula is C28H38N6O3S. The molecule has 2 saturated heterocycles. The van der Waals surface area contributed by atoms with Gasteiger partial charge in [-0.15, -0.1) is 0 Å². The second kappa shape index (κ2) is 10.6. The van der Waals surface area contributed by atoms with Crippen molar-refractivity contribution < 1.29 is 13.2 Å². The predicted octanol–water partition coefficient (Wildman–Crippen LogP) is 4.38. The third kappa shape index (κ3) is 5.56. The Morgan fingerprint density at radius 1 is 1.11 bits per heavy atom. The van der Waals surface area contributed by atoms with Crippen molar-refractivity contribution in [2.45, 2.75) is 51.7 Å². The molecule has 2 fully saturated rings. The number of nitrogens with one attached hydrogen (secondary N) is 1. The van der Waals surface area contributed by atoms with Gasteiger partial charge in [-0.05, 0) is 54.8 Å². The van der Waals surface area contributed by atoms with Crippen LogP contribution in [-0.4, -0.2) is 74.3 Å². The number of nitrogens with zero attached hydrogens (tertiary/aromatic N) is 5. The van der Waals surface area contributed by atoms with E-state index in [2.05, 4.69) is 59.1 Å². The number of anilines is 4. The van der Waals surface area contributed by atoms with E-state index >= 15 is 0 Å². The quantitative estimate of drug-likeness (QED) is 0.448. The first-order valence-electron chi connectivity index (χ1n) is 13.4. The van der Waals surface area contributed by atoms with Gasteiger partial charge in [0, 0.05) is 68.4 Å². The molecule has 1 aromatic carbocycles. The lowest BCUT2D eigenvalue weighted by Crippen LogP contribution is -2.57. The maximum absolute atomic E-state index is 11.8. The highest BCUT2D eigenvalue weighted by Crippen LogP contribution is 2.39. The number of fused-ring (bicyclic) bond motifs is 1. The predicted molar refractivity (Wildman–Crippen MR) is 153 cm³/mol. The first-order valence-corrected chi connectivity index (χ1v) is 15.4. The number of rotatable bonds is 8. The molecule has 2 aromatic heterocycles. The summed E-state index contributed by atoms with van der Waals surface area (Å²) >= 11 is 0. The summed E-state index contributed by atoms with van der Waals surface area (Å²) in [5.74, 6) is 2.86. The number of hydrogen-bond acceptors (Lipinski definition) is 9. The van der Waals surface area contributed by atoms with Crippen molar-refractivity contribution in [1.82, 2.24) is 15.0 Å². The lowest BCUT2D eigenvalue weighted by atomic mass is 9.88. The number of ether oxygens (including phenoxy) is 1. The maximum atomic E-state index is 11.8. The van der Waals surface area contributed by atoms with Crippen LogP contribution in [-0.2, 0) is 14.6 Å². The van der Waals surface area contributed by atoms with E-state index in [4.69, 9.17) is 14.7 Å². The molecule has 0 spiro atoms. The monoisotopic (exact) mass is 538 g/mol. The average Bonchev–Trinajstić information content (AvgIpc) is 2.89. The Morgan fingerprint density at radius 3 is 2.53 bits per heavy atom. The van der Waals surface area contributed by atoms with Crippen molar-refractivity contribution in [3.8, 4) is 0 Å². The lowest BCUT2D eigenvalue weighted by Gasteiger charge is -2.48. The molecule has 4 heterocycles. The molecular weight excluding hydrogens is 500 g/mol. The van der Waals surface area contributed by atoms with Gasteiger partial charge in [0.1, 0.15) is 21.5 Å². The zero-order valence-corrected chi connectivity index (χ0v) is 23.7. The largest absolute Gasteiger partial charge is 0.381 e. The van der Waals surface area contributed by atoms with Crippen LogP contribution in [0.4, 0.5) is 23.3 Å². The van der Waals surface area contributed by atoms with Gasteiger partial charge in [0.25, 0.3) is 0 Å². The summed E-state index contributed by atoms with van der Waals surface area (Å²) < 4.78 is 29.1. The van der Waals surface area contributed by atoms with Gasteiger partial charge >= 0.3 is 0 Å². The fraction of sp³-hybridized carbons (Fsp3) is 0.536. The van der Waals surface area contributed by atoms with Gasteiger partial charge < -0.3 is 19.9 Å². The van der Waals surface area contributed by atoms with Crippen LogP contribution in [0, 0.1) is 5.92 Å². The number of methoxy groups -OCH3 is 1. The highest BCUT2D eigenvalue weighted by atomic mass is 32.2. The van der Waals surface area contributed by atoms with Crippen LogP contribution in [0.25, 0.3) is 10.8 Å². The second-order valence-electron chi connectivity index (χ2n) is 11.0. The Labute approximate surface area is 225 Å². The summed E-state index contributed by atoms with van der Waals surface area (Å²) in [5.41, 5.74) is 2.35. The van der Waals surface area contributed by atoms with Crippen molar-refractivity contribution in [1.29, 1.82) is 0 Å². The van der Waals surface area contributed by atoms with Crippen LogP contribution in [0.1, 0.15) is 45.1 Å². The number of aromatic nitrogens is 3. The van der Waals surface area contributed by atoms with Gasteiger partial charge in [0.2, 0.25) is 5.95 Å². The summed E-state index contributed by atoms with van der Waals surface area (Å²) in [5, 5.41) is 5.61. The van der Waals surface area contributed by atoms with Crippen molar-refractivity contribution >= 4 is 43.9 Å². The van der Waals surface area contributed by atoms with Crippen molar-refractivity contribution in [2.24, 2.45) is 5.92 Å². The Hall–Kier alpha value is -2.98. The third-order valence-corrected chi connectivity index (χ3v) is 8.96. The summed E-state index contributed by atoms with van der Waals surface area (Å²) in [6.45, 7) is 8.97. The van der Waals surface area contributed by atoms with Gasteiger partial charge in [-0.2, -0.15) is 4.98 Å². The zero-order chi connectivity index (χ0) is 27.0. The normalized spacial score (nSPS) is 20.7. The van der Waals surface area contributed by atoms with E-state index in [0.717, 1.165) is 54.8 Å². The zero-order valence-electron chi connectivity index (χ0n) is 22.9. The number of hydrogen-bond donors (Lipinski definition) is 1. The molecule has 10 heteroatoms. The van der Waals surface area contributed by atoms with Crippen LogP contribution >= 0.6 is 0 Å². The third-order valence-electron chi connectivity index (χ3n) is 7.92. The van der Waals surface area contributed by atoms with Crippen LogP contribution in [0.5, 0.6) is 0 Å². The summed E-state index contributed by atoms with van der Waals surface area (Å²) in [6, 6.07) is 8.46. The van der Waals surface area contributed by atoms with Crippen LogP contribution in [0.3, 0.4) is 0 Å². The van der Waals surface area contributed by atoms with Gasteiger partial charge in [0.05, 0.1) is 11.9 Å². The van der Waals surface area contributed by atoms with E-state index < -0.39 is 9.84 Å². The van der Waals surface area contributed by atoms with E-state index in [1.807, 2.05) is 12.3 Å². The van der Waals surface area contributed by atoms with Crippen LogP contribution < -0.4 is 15.1 Å². The van der Waals surface area contributed by atoms with Crippen molar-refractivity contribution in [3.05, 3.63) is 42.2 Å². The second-order valence-corrected chi connectivity index (χ2v) is 13.2. The summed E-state index contributed by atoms with van der Waals surface area (Å²) in [6.07, 6.45) is 7.26. The topological polar surface area (TPSA) is 101 Å². The molecule has 0 amide bonds. The minimum atomic E-state index is -3.00. The molecule has 0 bridgehead atoms. The van der Waals surface area contributed by atoms with Gasteiger partial charge in [0.15, 0.2) is 0 Å². The molecule has 0 unspecified atom stereocenters. The number of piperidine rings is 1. The Kier molecular flexibility index (Phi) is 7.46. The van der Waals surface area contributed by atoms with Gasteiger partial charge in [-0.1, -0.05) is 19.9 Å². The first kappa shape index (κ1) is 26.6. The van der Waals surface area contributed by atoms with Crippen molar-refractivity contribution in [3.63, 3.8) is 0 Å². The molecule has 5 rings (SSSR count). The van der Waals surface area contributed by atoms with Crippen molar-refractivity contribution in [2.75, 3.05) is 53.9 Å². The van der Waals surface area contributed by atoms with E-state index in [1.165, 1.54) is 11.8 Å². The van der Waals surface area contributed by atoms with Crippen LogP contribution in [0.2, 0.25) is 0 Å². The number of sulfone groups is 1. The molecule has 2 aliphatic rings. The molecule has 1 N–H and O–H groups in total. The van der Waals surface area contributed by atoms with E-state index in [1.54, 1.807) is 13.3 Å². The molecule has 3 aromatic rings. The van der Waals surface area contributed by atoms with E-state index in [0.29, 0.717) is 23.8 Å². The SMILES string of the molecule is COC1CCN(c2nccc(Nc3cc4c(C(C)C)ccc(N5C[C@H](CS(C)(=O)=O)[C@H]5C)c4cn3)n2)CC1. The Balaban J connectivity index is 1.39. The number of pyridine rings is 1. The smallest absolute Gasteiger partial charge is 0.227 e. The van der Waals surface area contributed by atoms with E-state index in [-0.39, 0.29) is 17.7 Å². The first-order chi connectivity index (χ1) is 18.1. The lowest BCUT2D eigenvalue weighted by molar-refractivity contribution is 0.0816. The molecule has 0 saturated carbocycles. The molecule has 38 heavy (non-hydrogen) atoms. The Bertz CT molecular complexity index is 1400. The minimum absolute atomic E-state index is 0.144. The van der Waals surface area contributed by atoms with Gasteiger partial charge in [-0.3, -0.25) is 0 Å². The molecule has 9 nitrogen and oxygen atoms in total. The summed E-state index contributed by atoms with van der Waals surface area (Å²) in [4.78, 5) is 18.5. The van der Waals surface area contributed by atoms with Crippen LogP contribution in [0.15, 0.2) is 36.7 Å². The molecule has 2 aliphatic heterocycles. The standard InChI is InChI=1S/C28H38N6O3S/c1-18(2)22-6-7-25(34-16-20(19(34)3)17-38(5,35)36)24-15-30-27(14-23(22)24)31-26-8-11-29-28(32-26)33-12-9-21(37-4)10-13-33/h6-8,11,14-15,18-21H,9-10,12-13,16-17H2,1-5H3,(H,29,30,31,32)/t19-,20-/m1/s1. The molecule has 0 radical (unpaired) electrons. The molecule has 0 aliphatic carbocycles.